The fourth-order valence-electron chi connectivity index (χ4n) is 2.73. The van der Waals surface area contributed by atoms with Crippen molar-refractivity contribution in [3.05, 3.63) is 35.9 Å². The second-order valence-corrected chi connectivity index (χ2v) is 5.23. The maximum atomic E-state index is 3.73. The summed E-state index contributed by atoms with van der Waals surface area (Å²) in [4.78, 5) is 0. The summed E-state index contributed by atoms with van der Waals surface area (Å²) in [6.45, 7) is 1.18. The van der Waals surface area contributed by atoms with Crippen LogP contribution in [0.3, 0.4) is 0 Å². The van der Waals surface area contributed by atoms with E-state index in [0.29, 0.717) is 0 Å². The third kappa shape index (κ3) is 4.91. The van der Waals surface area contributed by atoms with Gasteiger partial charge in [-0.15, -0.1) is 0 Å². The first kappa shape index (κ1) is 12.6. The molecule has 0 atom stereocenters. The summed E-state index contributed by atoms with van der Waals surface area (Å²) >= 11 is 0. The highest BCUT2D eigenvalue weighted by Crippen LogP contribution is 2.17. The monoisotopic (exact) mass is 231 g/mol. The Morgan fingerprint density at radius 1 is 0.941 bits per heavy atom. The lowest BCUT2D eigenvalue weighted by molar-refractivity contribution is 0.456. The van der Waals surface area contributed by atoms with Crippen LogP contribution in [0.25, 0.3) is 0 Å². The first-order valence-electron chi connectivity index (χ1n) is 7.22. The smallest absolute Gasteiger partial charge is 0.00670 e. The predicted molar refractivity (Wildman–Crippen MR) is 74.3 cm³/mol. The summed E-state index contributed by atoms with van der Waals surface area (Å²) in [5.74, 6) is 0. The maximum Gasteiger partial charge on any atom is 0.00670 e. The molecule has 1 fully saturated rings. The Labute approximate surface area is 106 Å². The molecule has 1 heteroatoms. The standard InChI is InChI=1S/C16H25N/c1-2-7-13-16(12-6-1)17-14-8-11-15-9-4-3-5-10-15/h3-5,9-10,16-17H,1-2,6-8,11-14H2. The molecule has 1 aliphatic carbocycles. The van der Waals surface area contributed by atoms with Crippen molar-refractivity contribution >= 4 is 0 Å². The lowest BCUT2D eigenvalue weighted by Gasteiger charge is -2.15. The molecule has 0 radical (unpaired) electrons. The Bertz CT molecular complexity index is 286. The number of benzene rings is 1. The van der Waals surface area contributed by atoms with E-state index in [1.165, 1.54) is 63.5 Å². The van der Waals surface area contributed by atoms with E-state index in [4.69, 9.17) is 0 Å². The molecule has 0 amide bonds. The van der Waals surface area contributed by atoms with Crippen molar-refractivity contribution in [3.8, 4) is 0 Å². The van der Waals surface area contributed by atoms with Gasteiger partial charge in [-0.05, 0) is 37.8 Å². The minimum absolute atomic E-state index is 0.799. The number of hydrogen-bond acceptors (Lipinski definition) is 1. The summed E-state index contributed by atoms with van der Waals surface area (Å²) in [5, 5.41) is 3.73. The van der Waals surface area contributed by atoms with E-state index in [-0.39, 0.29) is 0 Å². The zero-order chi connectivity index (χ0) is 11.8. The van der Waals surface area contributed by atoms with Crippen LogP contribution in [0.4, 0.5) is 0 Å². The van der Waals surface area contributed by atoms with E-state index in [1.807, 2.05) is 0 Å². The summed E-state index contributed by atoms with van der Waals surface area (Å²) in [7, 11) is 0. The van der Waals surface area contributed by atoms with Crippen molar-refractivity contribution in [2.45, 2.75) is 57.4 Å². The molecule has 2 rings (SSSR count). The van der Waals surface area contributed by atoms with Crippen LogP contribution in [-0.4, -0.2) is 12.6 Å². The largest absolute Gasteiger partial charge is 0.314 e. The van der Waals surface area contributed by atoms with Crippen molar-refractivity contribution in [1.29, 1.82) is 0 Å². The first-order chi connectivity index (χ1) is 8.45. The zero-order valence-electron chi connectivity index (χ0n) is 10.8. The number of aryl methyl sites for hydroxylation is 1. The highest BCUT2D eigenvalue weighted by molar-refractivity contribution is 5.14. The van der Waals surface area contributed by atoms with Crippen LogP contribution in [0.5, 0.6) is 0 Å². The number of nitrogens with one attached hydrogen (secondary N) is 1. The first-order valence-corrected chi connectivity index (χ1v) is 7.22. The van der Waals surface area contributed by atoms with Gasteiger partial charge in [0.05, 0.1) is 0 Å². The Balaban J connectivity index is 1.59. The second-order valence-electron chi connectivity index (χ2n) is 5.23. The molecular formula is C16H25N. The third-order valence-corrected chi connectivity index (χ3v) is 3.77. The van der Waals surface area contributed by atoms with E-state index >= 15 is 0 Å². The molecule has 1 aromatic rings. The van der Waals surface area contributed by atoms with Crippen molar-refractivity contribution < 1.29 is 0 Å². The van der Waals surface area contributed by atoms with E-state index in [9.17, 15) is 0 Å². The van der Waals surface area contributed by atoms with Crippen LogP contribution >= 0.6 is 0 Å². The molecule has 0 bridgehead atoms. The van der Waals surface area contributed by atoms with Crippen LogP contribution in [0.15, 0.2) is 30.3 Å². The normalized spacial score (nSPS) is 17.9. The van der Waals surface area contributed by atoms with Crippen LogP contribution in [0.1, 0.15) is 50.5 Å². The molecule has 1 N–H and O–H groups in total. The number of rotatable bonds is 5. The van der Waals surface area contributed by atoms with Crippen LogP contribution in [-0.2, 0) is 6.42 Å². The molecule has 1 nitrogen and oxygen atoms in total. The van der Waals surface area contributed by atoms with Gasteiger partial charge in [-0.1, -0.05) is 56.0 Å². The van der Waals surface area contributed by atoms with Crippen molar-refractivity contribution in [2.24, 2.45) is 0 Å². The lowest BCUT2D eigenvalue weighted by Crippen LogP contribution is -2.29. The minimum Gasteiger partial charge on any atom is -0.314 e. The topological polar surface area (TPSA) is 12.0 Å². The third-order valence-electron chi connectivity index (χ3n) is 3.77. The molecule has 0 aromatic heterocycles. The zero-order valence-corrected chi connectivity index (χ0v) is 10.8. The fourth-order valence-corrected chi connectivity index (χ4v) is 2.73. The van der Waals surface area contributed by atoms with Gasteiger partial charge in [0.2, 0.25) is 0 Å². The van der Waals surface area contributed by atoms with E-state index in [2.05, 4.69) is 35.6 Å². The molecule has 0 saturated heterocycles. The molecule has 0 unspecified atom stereocenters. The summed E-state index contributed by atoms with van der Waals surface area (Å²) < 4.78 is 0. The molecule has 17 heavy (non-hydrogen) atoms. The van der Waals surface area contributed by atoms with Gasteiger partial charge in [-0.25, -0.2) is 0 Å². The van der Waals surface area contributed by atoms with Crippen molar-refractivity contribution in [2.75, 3.05) is 6.54 Å². The van der Waals surface area contributed by atoms with E-state index in [1.54, 1.807) is 0 Å². The van der Waals surface area contributed by atoms with Gasteiger partial charge in [-0.3, -0.25) is 0 Å². The maximum absolute atomic E-state index is 3.73. The van der Waals surface area contributed by atoms with Gasteiger partial charge in [-0.2, -0.15) is 0 Å². The highest BCUT2D eigenvalue weighted by Gasteiger charge is 2.10. The molecule has 0 heterocycles. The van der Waals surface area contributed by atoms with Gasteiger partial charge in [0.15, 0.2) is 0 Å². The van der Waals surface area contributed by atoms with E-state index in [0.717, 1.165) is 6.04 Å². The fraction of sp³-hybridized carbons (Fsp3) is 0.625. The van der Waals surface area contributed by atoms with Gasteiger partial charge < -0.3 is 5.32 Å². The van der Waals surface area contributed by atoms with Gasteiger partial charge >= 0.3 is 0 Å². The Hall–Kier alpha value is -0.820. The molecule has 0 spiro atoms. The molecule has 0 aliphatic heterocycles. The Morgan fingerprint density at radius 2 is 1.65 bits per heavy atom. The van der Waals surface area contributed by atoms with E-state index < -0.39 is 0 Å². The average molecular weight is 231 g/mol. The van der Waals surface area contributed by atoms with Crippen molar-refractivity contribution in [3.63, 3.8) is 0 Å². The van der Waals surface area contributed by atoms with Crippen molar-refractivity contribution in [1.82, 2.24) is 5.32 Å². The average Bonchev–Trinajstić information content (AvgIpc) is 2.65. The predicted octanol–water partition coefficient (Wildman–Crippen LogP) is 3.93. The molecular weight excluding hydrogens is 206 g/mol. The summed E-state index contributed by atoms with van der Waals surface area (Å²) in [6.07, 6.45) is 11.0. The Morgan fingerprint density at radius 3 is 2.35 bits per heavy atom. The van der Waals surface area contributed by atoms with Gasteiger partial charge in [0.25, 0.3) is 0 Å². The SMILES string of the molecule is c1ccc(CCCNC2CCCCCC2)cc1. The Kier molecular flexibility index (Phi) is 5.57. The van der Waals surface area contributed by atoms with Gasteiger partial charge in [0.1, 0.15) is 0 Å². The molecule has 1 aromatic carbocycles. The van der Waals surface area contributed by atoms with Crippen LogP contribution < -0.4 is 5.32 Å². The van der Waals surface area contributed by atoms with Crippen LogP contribution in [0.2, 0.25) is 0 Å². The summed E-state index contributed by atoms with van der Waals surface area (Å²) in [5.41, 5.74) is 1.47. The van der Waals surface area contributed by atoms with Gasteiger partial charge in [0, 0.05) is 6.04 Å². The second kappa shape index (κ2) is 7.50. The van der Waals surface area contributed by atoms with Crippen LogP contribution in [0, 0.1) is 0 Å². The molecule has 1 aliphatic rings. The highest BCUT2D eigenvalue weighted by atomic mass is 14.9. The minimum atomic E-state index is 0.799. The summed E-state index contributed by atoms with van der Waals surface area (Å²) in [6, 6.07) is 11.6. The lowest BCUT2D eigenvalue weighted by atomic mass is 10.1. The quantitative estimate of drug-likeness (QED) is 0.598. The molecule has 1 saturated carbocycles. The number of hydrogen-bond donors (Lipinski definition) is 1. The molecule has 94 valence electrons.